The highest BCUT2D eigenvalue weighted by Gasteiger charge is 2.16. The number of benzene rings is 2. The van der Waals surface area contributed by atoms with Crippen molar-refractivity contribution in [2.24, 2.45) is 0 Å². The largest absolute Gasteiger partial charge is 0.496 e. The first kappa shape index (κ1) is 21.7. The second-order valence-electron chi connectivity index (χ2n) is 6.57. The third-order valence-electron chi connectivity index (χ3n) is 3.88. The van der Waals surface area contributed by atoms with E-state index in [4.69, 9.17) is 9.47 Å². The minimum absolute atomic E-state index is 0.141. The van der Waals surface area contributed by atoms with Crippen LogP contribution in [0.25, 0.3) is 0 Å². The highest BCUT2D eigenvalue weighted by atomic mass is 32.2. The molecule has 0 spiro atoms. The third kappa shape index (κ3) is 5.97. The van der Waals surface area contributed by atoms with Crippen molar-refractivity contribution >= 4 is 15.9 Å². The van der Waals surface area contributed by atoms with Crippen LogP contribution in [-0.2, 0) is 14.8 Å². The van der Waals surface area contributed by atoms with E-state index in [0.29, 0.717) is 11.5 Å². The molecule has 0 saturated carbocycles. The summed E-state index contributed by atoms with van der Waals surface area (Å²) in [6.45, 7) is 5.17. The molecule has 2 N–H and O–H groups in total. The summed E-state index contributed by atoms with van der Waals surface area (Å²) in [5.41, 5.74) is 0.866. The Bertz CT molecular complexity index is 895. The molecule has 2 rings (SSSR count). The van der Waals surface area contributed by atoms with Crippen LogP contribution in [0.4, 0.5) is 0 Å². The van der Waals surface area contributed by atoms with Gasteiger partial charge in [-0.25, -0.2) is 13.1 Å². The molecule has 1 amide bonds. The highest BCUT2D eigenvalue weighted by Crippen LogP contribution is 2.24. The second-order valence-corrected chi connectivity index (χ2v) is 8.28. The van der Waals surface area contributed by atoms with Crippen molar-refractivity contribution in [3.63, 3.8) is 0 Å². The summed E-state index contributed by atoms with van der Waals surface area (Å²) in [5, 5.41) is 2.85. The fourth-order valence-electron chi connectivity index (χ4n) is 2.63. The summed E-state index contributed by atoms with van der Waals surface area (Å²) in [6.07, 6.45) is 0. The Morgan fingerprint density at radius 3 is 2.29 bits per heavy atom. The zero-order chi connectivity index (χ0) is 20.7. The fourth-order valence-corrected chi connectivity index (χ4v) is 3.88. The molecule has 0 heterocycles. The molecule has 0 fully saturated rings. The molecule has 2 aromatic carbocycles. The number of carbonyl (C=O) groups excluding carboxylic acids is 1. The summed E-state index contributed by atoms with van der Waals surface area (Å²) in [4.78, 5) is 12.3. The van der Waals surface area contributed by atoms with E-state index < -0.39 is 10.0 Å². The van der Waals surface area contributed by atoms with E-state index in [1.165, 1.54) is 24.3 Å². The minimum Gasteiger partial charge on any atom is -0.496 e. The lowest BCUT2D eigenvalue weighted by Gasteiger charge is -2.17. The molecular weight excluding hydrogens is 380 g/mol. The van der Waals surface area contributed by atoms with E-state index in [-0.39, 0.29) is 29.5 Å². The van der Waals surface area contributed by atoms with Crippen LogP contribution in [0.5, 0.6) is 11.5 Å². The topological polar surface area (TPSA) is 93.7 Å². The summed E-state index contributed by atoms with van der Waals surface area (Å²) < 4.78 is 37.5. The van der Waals surface area contributed by atoms with Gasteiger partial charge in [-0.1, -0.05) is 18.2 Å². The molecule has 1 atom stereocenters. The molecule has 0 aliphatic rings. The van der Waals surface area contributed by atoms with Crippen molar-refractivity contribution in [2.45, 2.75) is 37.8 Å². The number of rotatable bonds is 9. The van der Waals surface area contributed by atoms with Gasteiger partial charge < -0.3 is 14.8 Å². The second kappa shape index (κ2) is 9.57. The average molecular weight is 407 g/mol. The fraction of sp³-hybridized carbons (Fsp3) is 0.350. The molecule has 0 aliphatic heterocycles. The Hall–Kier alpha value is -2.58. The SMILES string of the molecule is COc1ccccc1C(C)NC(=O)COc1ccc(S(=O)(=O)NC(C)C)cc1. The molecule has 28 heavy (non-hydrogen) atoms. The molecular formula is C20H26N2O5S. The van der Waals surface area contributed by atoms with Gasteiger partial charge in [0.25, 0.3) is 5.91 Å². The average Bonchev–Trinajstić information content (AvgIpc) is 2.65. The molecule has 152 valence electrons. The summed E-state index contributed by atoms with van der Waals surface area (Å²) in [6, 6.07) is 12.9. The van der Waals surface area contributed by atoms with Crippen LogP contribution in [0.3, 0.4) is 0 Å². The number of ether oxygens (including phenoxy) is 2. The quantitative estimate of drug-likeness (QED) is 0.668. The molecule has 7 nitrogen and oxygen atoms in total. The number of amides is 1. The lowest BCUT2D eigenvalue weighted by molar-refractivity contribution is -0.123. The maximum atomic E-state index is 12.2. The smallest absolute Gasteiger partial charge is 0.258 e. The molecule has 0 saturated heterocycles. The number of carbonyl (C=O) groups is 1. The van der Waals surface area contributed by atoms with Crippen molar-refractivity contribution < 1.29 is 22.7 Å². The maximum absolute atomic E-state index is 12.2. The van der Waals surface area contributed by atoms with Gasteiger partial charge in [0, 0.05) is 11.6 Å². The van der Waals surface area contributed by atoms with Gasteiger partial charge in [-0.15, -0.1) is 0 Å². The normalized spacial score (nSPS) is 12.5. The Kier molecular flexibility index (Phi) is 7.42. The van der Waals surface area contributed by atoms with Gasteiger partial charge >= 0.3 is 0 Å². The highest BCUT2D eigenvalue weighted by molar-refractivity contribution is 7.89. The molecule has 0 aliphatic carbocycles. The number of methoxy groups -OCH3 is 1. The predicted octanol–water partition coefficient (Wildman–Crippen LogP) is 2.64. The van der Waals surface area contributed by atoms with E-state index in [1.807, 2.05) is 31.2 Å². The zero-order valence-corrected chi connectivity index (χ0v) is 17.2. The minimum atomic E-state index is -3.56. The van der Waals surface area contributed by atoms with Crippen molar-refractivity contribution in [3.05, 3.63) is 54.1 Å². The molecule has 0 bridgehead atoms. The number of nitrogens with one attached hydrogen (secondary N) is 2. The van der Waals surface area contributed by atoms with E-state index in [1.54, 1.807) is 21.0 Å². The standard InChI is InChI=1S/C20H26N2O5S/c1-14(2)22-28(24,25)17-11-9-16(10-12-17)27-13-20(23)21-15(3)18-7-5-6-8-19(18)26-4/h5-12,14-15,22H,13H2,1-4H3,(H,21,23). The van der Waals surface area contributed by atoms with Crippen LogP contribution >= 0.6 is 0 Å². The Morgan fingerprint density at radius 2 is 1.68 bits per heavy atom. The first-order chi connectivity index (χ1) is 13.2. The van der Waals surface area contributed by atoms with E-state index in [0.717, 1.165) is 5.56 Å². The van der Waals surface area contributed by atoms with E-state index in [9.17, 15) is 13.2 Å². The van der Waals surface area contributed by atoms with Gasteiger partial charge in [0.05, 0.1) is 18.0 Å². The van der Waals surface area contributed by atoms with Gasteiger partial charge in [-0.2, -0.15) is 0 Å². The number of sulfonamides is 1. The van der Waals surface area contributed by atoms with Crippen LogP contribution in [0.2, 0.25) is 0 Å². The Labute approximate surface area is 166 Å². The van der Waals surface area contributed by atoms with Crippen LogP contribution in [0, 0.1) is 0 Å². The lowest BCUT2D eigenvalue weighted by atomic mass is 10.1. The summed E-state index contributed by atoms with van der Waals surface area (Å²) in [7, 11) is -1.98. The van der Waals surface area contributed by atoms with Crippen molar-refractivity contribution in [2.75, 3.05) is 13.7 Å². The van der Waals surface area contributed by atoms with Gasteiger partial charge in [0.2, 0.25) is 10.0 Å². The summed E-state index contributed by atoms with van der Waals surface area (Å²) >= 11 is 0. The monoisotopic (exact) mass is 406 g/mol. The molecule has 0 aromatic heterocycles. The van der Waals surface area contributed by atoms with Crippen molar-refractivity contribution in [1.82, 2.24) is 10.0 Å². The van der Waals surface area contributed by atoms with E-state index >= 15 is 0 Å². The van der Waals surface area contributed by atoms with Crippen molar-refractivity contribution in [1.29, 1.82) is 0 Å². The maximum Gasteiger partial charge on any atom is 0.258 e. The van der Waals surface area contributed by atoms with Gasteiger partial charge in [-0.05, 0) is 51.1 Å². The lowest BCUT2D eigenvalue weighted by Crippen LogP contribution is -2.31. The van der Waals surface area contributed by atoms with Gasteiger partial charge in [-0.3, -0.25) is 4.79 Å². The number of hydrogen-bond donors (Lipinski definition) is 2. The van der Waals surface area contributed by atoms with Crippen LogP contribution in [-0.4, -0.2) is 34.1 Å². The predicted molar refractivity (Wildman–Crippen MR) is 107 cm³/mol. The number of para-hydroxylation sites is 1. The summed E-state index contributed by atoms with van der Waals surface area (Å²) in [5.74, 6) is 0.809. The Morgan fingerprint density at radius 1 is 1.04 bits per heavy atom. The van der Waals surface area contributed by atoms with Crippen LogP contribution in [0.1, 0.15) is 32.4 Å². The van der Waals surface area contributed by atoms with Crippen LogP contribution < -0.4 is 19.5 Å². The molecule has 0 radical (unpaired) electrons. The number of hydrogen-bond acceptors (Lipinski definition) is 5. The third-order valence-corrected chi connectivity index (χ3v) is 5.55. The van der Waals surface area contributed by atoms with Gasteiger partial charge in [0.1, 0.15) is 11.5 Å². The first-order valence-corrected chi connectivity index (χ1v) is 10.4. The zero-order valence-electron chi connectivity index (χ0n) is 16.4. The molecule has 8 heteroatoms. The molecule has 1 unspecified atom stereocenters. The van der Waals surface area contributed by atoms with Crippen molar-refractivity contribution in [3.8, 4) is 11.5 Å². The van der Waals surface area contributed by atoms with Gasteiger partial charge in [0.15, 0.2) is 6.61 Å². The Balaban J connectivity index is 1.92. The molecule has 2 aromatic rings. The van der Waals surface area contributed by atoms with E-state index in [2.05, 4.69) is 10.0 Å². The first-order valence-electron chi connectivity index (χ1n) is 8.90. The van der Waals surface area contributed by atoms with Crippen LogP contribution in [0.15, 0.2) is 53.4 Å².